The summed E-state index contributed by atoms with van der Waals surface area (Å²) in [7, 11) is 1.31. The monoisotopic (exact) mass is 246 g/mol. The van der Waals surface area contributed by atoms with Gasteiger partial charge in [-0.15, -0.1) is 6.58 Å². The number of nitrogens with zero attached hydrogens (tertiary/aromatic N) is 2. The average Bonchev–Trinajstić information content (AvgIpc) is 2.79. The van der Waals surface area contributed by atoms with E-state index < -0.39 is 5.97 Å². The average molecular weight is 246 g/mol. The number of anilines is 1. The minimum Gasteiger partial charge on any atom is -0.465 e. The Morgan fingerprint density at radius 2 is 2.39 bits per heavy atom. The molecule has 1 unspecified atom stereocenters. The zero-order valence-corrected chi connectivity index (χ0v) is 10.1. The maximum Gasteiger partial charge on any atom is 0.339 e. The van der Waals surface area contributed by atoms with Crippen LogP contribution in [0.4, 0.5) is 5.82 Å². The van der Waals surface area contributed by atoms with Crippen LogP contribution in [0.5, 0.6) is 0 Å². The van der Waals surface area contributed by atoms with Crippen LogP contribution in [0.25, 0.3) is 0 Å². The summed E-state index contributed by atoms with van der Waals surface area (Å²) >= 11 is 0. The van der Waals surface area contributed by atoms with Crippen molar-refractivity contribution in [2.24, 2.45) is 5.92 Å². The lowest BCUT2D eigenvalue weighted by molar-refractivity contribution is -0.117. The van der Waals surface area contributed by atoms with Crippen molar-refractivity contribution in [2.45, 2.75) is 6.42 Å². The van der Waals surface area contributed by atoms with Crippen molar-refractivity contribution < 1.29 is 14.3 Å². The highest BCUT2D eigenvalue weighted by Gasteiger charge is 2.29. The Labute approximate surface area is 105 Å². The van der Waals surface area contributed by atoms with E-state index >= 15 is 0 Å². The van der Waals surface area contributed by atoms with Gasteiger partial charge in [0, 0.05) is 25.1 Å². The van der Waals surface area contributed by atoms with E-state index in [1.807, 2.05) is 0 Å². The molecule has 2 rings (SSSR count). The van der Waals surface area contributed by atoms with Gasteiger partial charge in [0.15, 0.2) is 0 Å². The predicted molar refractivity (Wildman–Crippen MR) is 66.2 cm³/mol. The van der Waals surface area contributed by atoms with Crippen LogP contribution in [0.15, 0.2) is 31.0 Å². The standard InChI is InChI=1S/C13H14N2O3/c1-3-9-6-12(16)15(8-9)11-5-4-10(7-14-11)13(17)18-2/h3-5,7,9H,1,6,8H2,2H3. The minimum absolute atomic E-state index is 0.0261. The molecule has 1 atom stereocenters. The zero-order chi connectivity index (χ0) is 13.1. The second-order valence-corrected chi connectivity index (χ2v) is 4.10. The molecular weight excluding hydrogens is 232 g/mol. The molecule has 0 aromatic carbocycles. The number of rotatable bonds is 3. The number of hydrogen-bond acceptors (Lipinski definition) is 4. The van der Waals surface area contributed by atoms with Crippen LogP contribution in [0.2, 0.25) is 0 Å². The Morgan fingerprint density at radius 3 is 2.89 bits per heavy atom. The van der Waals surface area contributed by atoms with Gasteiger partial charge in [0.2, 0.25) is 5.91 Å². The molecule has 0 aliphatic carbocycles. The highest BCUT2D eigenvalue weighted by atomic mass is 16.5. The minimum atomic E-state index is -0.439. The molecule has 18 heavy (non-hydrogen) atoms. The van der Waals surface area contributed by atoms with E-state index in [-0.39, 0.29) is 11.8 Å². The molecular formula is C13H14N2O3. The molecule has 2 heterocycles. The van der Waals surface area contributed by atoms with Gasteiger partial charge >= 0.3 is 5.97 Å². The van der Waals surface area contributed by atoms with Crippen molar-refractivity contribution in [3.8, 4) is 0 Å². The number of hydrogen-bond donors (Lipinski definition) is 0. The number of carbonyl (C=O) groups is 2. The topological polar surface area (TPSA) is 59.5 Å². The second-order valence-electron chi connectivity index (χ2n) is 4.10. The molecule has 1 fully saturated rings. The van der Waals surface area contributed by atoms with E-state index in [1.165, 1.54) is 13.3 Å². The molecule has 0 spiro atoms. The summed E-state index contributed by atoms with van der Waals surface area (Å²) in [4.78, 5) is 28.7. The first-order valence-corrected chi connectivity index (χ1v) is 5.63. The molecule has 0 N–H and O–H groups in total. The molecule has 1 saturated heterocycles. The summed E-state index contributed by atoms with van der Waals surface area (Å²) in [6.45, 7) is 4.28. The van der Waals surface area contributed by atoms with Gasteiger partial charge in [-0.05, 0) is 12.1 Å². The molecule has 0 radical (unpaired) electrons. The third-order valence-corrected chi connectivity index (χ3v) is 2.93. The summed E-state index contributed by atoms with van der Waals surface area (Å²) in [5.41, 5.74) is 0.369. The quantitative estimate of drug-likeness (QED) is 0.597. The molecule has 1 aromatic heterocycles. The van der Waals surface area contributed by atoms with Crippen molar-refractivity contribution in [2.75, 3.05) is 18.6 Å². The highest BCUT2D eigenvalue weighted by Crippen LogP contribution is 2.23. The maximum atomic E-state index is 11.8. The van der Waals surface area contributed by atoms with Crippen LogP contribution in [0.3, 0.4) is 0 Å². The lowest BCUT2D eigenvalue weighted by Crippen LogP contribution is -2.25. The van der Waals surface area contributed by atoms with Gasteiger partial charge in [0.25, 0.3) is 0 Å². The van der Waals surface area contributed by atoms with E-state index in [9.17, 15) is 9.59 Å². The number of carbonyl (C=O) groups excluding carboxylic acids is 2. The van der Waals surface area contributed by atoms with Crippen LogP contribution in [-0.4, -0.2) is 30.5 Å². The van der Waals surface area contributed by atoms with Gasteiger partial charge in [0.05, 0.1) is 12.7 Å². The fourth-order valence-electron chi connectivity index (χ4n) is 1.90. The maximum absolute atomic E-state index is 11.8. The number of pyridine rings is 1. The normalized spacial score (nSPS) is 18.8. The zero-order valence-electron chi connectivity index (χ0n) is 10.1. The lowest BCUT2D eigenvalue weighted by Gasteiger charge is -2.14. The first-order valence-electron chi connectivity index (χ1n) is 5.63. The Morgan fingerprint density at radius 1 is 1.61 bits per heavy atom. The molecule has 0 saturated carbocycles. The molecule has 5 nitrogen and oxygen atoms in total. The molecule has 1 aromatic rings. The Balaban J connectivity index is 2.17. The SMILES string of the molecule is C=CC1CC(=O)N(c2ccc(C(=O)OC)cn2)C1. The number of methoxy groups -OCH3 is 1. The van der Waals surface area contributed by atoms with E-state index in [0.717, 1.165) is 0 Å². The van der Waals surface area contributed by atoms with Gasteiger partial charge in [-0.1, -0.05) is 6.08 Å². The number of aromatic nitrogens is 1. The van der Waals surface area contributed by atoms with Crippen LogP contribution in [0, 0.1) is 5.92 Å². The van der Waals surface area contributed by atoms with Crippen LogP contribution in [-0.2, 0) is 9.53 Å². The van der Waals surface area contributed by atoms with Crippen molar-refractivity contribution in [1.82, 2.24) is 4.98 Å². The van der Waals surface area contributed by atoms with Crippen molar-refractivity contribution >= 4 is 17.7 Å². The van der Waals surface area contributed by atoms with E-state index in [4.69, 9.17) is 0 Å². The fourth-order valence-corrected chi connectivity index (χ4v) is 1.90. The number of amides is 1. The smallest absolute Gasteiger partial charge is 0.339 e. The van der Waals surface area contributed by atoms with Gasteiger partial charge in [-0.25, -0.2) is 9.78 Å². The summed E-state index contributed by atoms with van der Waals surface area (Å²) in [6.07, 6.45) is 3.65. The van der Waals surface area contributed by atoms with Crippen molar-refractivity contribution in [3.05, 3.63) is 36.5 Å². The molecule has 5 heteroatoms. The summed E-state index contributed by atoms with van der Waals surface area (Å²) in [6, 6.07) is 3.25. The highest BCUT2D eigenvalue weighted by molar-refractivity contribution is 5.95. The number of esters is 1. The van der Waals surface area contributed by atoms with Gasteiger partial charge < -0.3 is 4.74 Å². The number of ether oxygens (including phenoxy) is 1. The summed E-state index contributed by atoms with van der Waals surface area (Å²) in [5.74, 6) is 0.306. The van der Waals surface area contributed by atoms with Gasteiger partial charge in [-0.2, -0.15) is 0 Å². The summed E-state index contributed by atoms with van der Waals surface area (Å²) in [5, 5.41) is 0. The molecule has 1 amide bonds. The van der Waals surface area contributed by atoms with E-state index in [2.05, 4.69) is 16.3 Å². The Kier molecular flexibility index (Phi) is 3.41. The fraction of sp³-hybridized carbons (Fsp3) is 0.308. The van der Waals surface area contributed by atoms with E-state index in [0.29, 0.717) is 24.3 Å². The van der Waals surface area contributed by atoms with E-state index in [1.54, 1.807) is 23.1 Å². The third-order valence-electron chi connectivity index (χ3n) is 2.93. The van der Waals surface area contributed by atoms with Crippen molar-refractivity contribution in [3.63, 3.8) is 0 Å². The van der Waals surface area contributed by atoms with Crippen LogP contribution < -0.4 is 4.90 Å². The van der Waals surface area contributed by atoms with Gasteiger partial charge in [0.1, 0.15) is 5.82 Å². The first kappa shape index (κ1) is 12.3. The second kappa shape index (κ2) is 5.00. The Hall–Kier alpha value is -2.17. The Bertz CT molecular complexity index is 482. The van der Waals surface area contributed by atoms with Gasteiger partial charge in [-0.3, -0.25) is 9.69 Å². The molecule has 1 aliphatic heterocycles. The summed E-state index contributed by atoms with van der Waals surface area (Å²) < 4.78 is 4.58. The lowest BCUT2D eigenvalue weighted by atomic mass is 10.1. The predicted octanol–water partition coefficient (Wildman–Crippen LogP) is 1.41. The van der Waals surface area contributed by atoms with Crippen LogP contribution in [0.1, 0.15) is 16.8 Å². The molecule has 94 valence electrons. The van der Waals surface area contributed by atoms with Crippen molar-refractivity contribution in [1.29, 1.82) is 0 Å². The van der Waals surface area contributed by atoms with Crippen LogP contribution >= 0.6 is 0 Å². The largest absolute Gasteiger partial charge is 0.465 e. The molecule has 1 aliphatic rings. The first-order chi connectivity index (χ1) is 8.65. The third kappa shape index (κ3) is 2.25. The molecule has 0 bridgehead atoms.